The Hall–Kier alpha value is -2.04. The minimum Gasteiger partial charge on any atom is -0.478 e. The maximum Gasteiger partial charge on any atom is 0.407 e. The average molecular weight is 221 g/mol. The normalized spacial score (nSPS) is 19.8. The van der Waals surface area contributed by atoms with E-state index in [0.29, 0.717) is 18.5 Å². The van der Waals surface area contributed by atoms with Gasteiger partial charge in [-0.05, 0) is 6.07 Å². The van der Waals surface area contributed by atoms with Gasteiger partial charge in [-0.25, -0.2) is 9.59 Å². The Morgan fingerprint density at radius 2 is 2.19 bits per heavy atom. The number of carboxylic acid groups (broad SMARTS) is 1. The number of ether oxygens (including phenoxy) is 1. The van der Waals surface area contributed by atoms with Gasteiger partial charge in [0.25, 0.3) is 0 Å². The van der Waals surface area contributed by atoms with Gasteiger partial charge in [-0.15, -0.1) is 0 Å². The average Bonchev–Trinajstić information content (AvgIpc) is 2.29. The summed E-state index contributed by atoms with van der Waals surface area (Å²) in [4.78, 5) is 22.0. The van der Waals surface area contributed by atoms with Crippen LogP contribution in [-0.2, 0) is 4.74 Å². The number of cyclic esters (lactones) is 1. The summed E-state index contributed by atoms with van der Waals surface area (Å²) in [6, 6.07) is 6.56. The molecular formula is C11H11NO4. The van der Waals surface area contributed by atoms with Crippen LogP contribution in [-0.4, -0.2) is 23.7 Å². The first-order valence-electron chi connectivity index (χ1n) is 4.95. The maximum atomic E-state index is 11.0. The molecule has 1 fully saturated rings. The Morgan fingerprint density at radius 3 is 2.88 bits per heavy atom. The van der Waals surface area contributed by atoms with Crippen molar-refractivity contribution in [2.75, 3.05) is 6.54 Å². The van der Waals surface area contributed by atoms with Crippen LogP contribution in [0.4, 0.5) is 4.79 Å². The van der Waals surface area contributed by atoms with Crippen molar-refractivity contribution in [1.82, 2.24) is 5.32 Å². The number of rotatable bonds is 2. The minimum absolute atomic E-state index is 0.183. The van der Waals surface area contributed by atoms with E-state index in [0.717, 1.165) is 0 Å². The van der Waals surface area contributed by atoms with Gasteiger partial charge in [0.1, 0.15) is 6.10 Å². The molecule has 0 saturated carbocycles. The lowest BCUT2D eigenvalue weighted by molar-refractivity contribution is 0.0640. The van der Waals surface area contributed by atoms with Crippen LogP contribution >= 0.6 is 0 Å². The van der Waals surface area contributed by atoms with Gasteiger partial charge in [-0.2, -0.15) is 0 Å². The molecule has 0 aliphatic carbocycles. The third-order valence-electron chi connectivity index (χ3n) is 2.46. The number of carboxylic acids is 1. The third kappa shape index (κ3) is 1.98. The predicted molar refractivity (Wildman–Crippen MR) is 55.2 cm³/mol. The number of aromatic carboxylic acids is 1. The number of amides is 1. The molecule has 1 atom stereocenters. The van der Waals surface area contributed by atoms with Crippen LogP contribution in [0.5, 0.6) is 0 Å². The van der Waals surface area contributed by atoms with Crippen molar-refractivity contribution in [3.8, 4) is 0 Å². The first kappa shape index (κ1) is 10.5. The molecule has 5 nitrogen and oxygen atoms in total. The van der Waals surface area contributed by atoms with Gasteiger partial charge < -0.3 is 15.2 Å². The second-order valence-electron chi connectivity index (χ2n) is 3.50. The van der Waals surface area contributed by atoms with Crippen molar-refractivity contribution >= 4 is 12.1 Å². The number of hydrogen-bond acceptors (Lipinski definition) is 3. The molecule has 5 heteroatoms. The topological polar surface area (TPSA) is 75.6 Å². The van der Waals surface area contributed by atoms with Crippen LogP contribution in [0.1, 0.15) is 28.4 Å². The summed E-state index contributed by atoms with van der Waals surface area (Å²) in [5.41, 5.74) is 0.729. The molecular weight excluding hydrogens is 210 g/mol. The van der Waals surface area contributed by atoms with Crippen LogP contribution in [0.15, 0.2) is 24.3 Å². The van der Waals surface area contributed by atoms with E-state index in [9.17, 15) is 9.59 Å². The second-order valence-corrected chi connectivity index (χ2v) is 3.50. The molecule has 1 aliphatic rings. The zero-order valence-electron chi connectivity index (χ0n) is 8.47. The minimum atomic E-state index is -1.01. The highest BCUT2D eigenvalue weighted by molar-refractivity contribution is 5.89. The van der Waals surface area contributed by atoms with E-state index in [1.54, 1.807) is 18.2 Å². The Kier molecular flexibility index (Phi) is 2.76. The lowest BCUT2D eigenvalue weighted by Gasteiger charge is -2.24. The summed E-state index contributed by atoms with van der Waals surface area (Å²) in [6.07, 6.45) is -0.395. The molecule has 2 N–H and O–H groups in total. The van der Waals surface area contributed by atoms with Crippen LogP contribution in [0.2, 0.25) is 0 Å². The molecule has 16 heavy (non-hydrogen) atoms. The van der Waals surface area contributed by atoms with Crippen molar-refractivity contribution < 1.29 is 19.4 Å². The van der Waals surface area contributed by atoms with Gasteiger partial charge in [0, 0.05) is 18.5 Å². The van der Waals surface area contributed by atoms with Gasteiger partial charge in [0.05, 0.1) is 5.56 Å². The quantitative estimate of drug-likeness (QED) is 0.794. The number of alkyl carbamates (subject to hydrolysis) is 1. The highest BCUT2D eigenvalue weighted by Crippen LogP contribution is 2.26. The predicted octanol–water partition coefficient (Wildman–Crippen LogP) is 1.56. The second kappa shape index (κ2) is 4.22. The molecule has 1 heterocycles. The molecule has 84 valence electrons. The van der Waals surface area contributed by atoms with Crippen molar-refractivity contribution in [1.29, 1.82) is 0 Å². The summed E-state index contributed by atoms with van der Waals surface area (Å²) in [7, 11) is 0. The molecule has 0 bridgehead atoms. The molecule has 0 radical (unpaired) electrons. The van der Waals surface area contributed by atoms with E-state index in [4.69, 9.17) is 9.84 Å². The Balaban J connectivity index is 2.32. The summed E-state index contributed by atoms with van der Waals surface area (Å²) in [5.74, 6) is -1.01. The molecule has 1 amide bonds. The van der Waals surface area contributed by atoms with Crippen molar-refractivity contribution in [3.63, 3.8) is 0 Å². The molecule has 1 saturated heterocycles. The Labute approximate surface area is 92.0 Å². The lowest BCUT2D eigenvalue weighted by Crippen LogP contribution is -2.34. The molecule has 2 rings (SSSR count). The van der Waals surface area contributed by atoms with Crippen LogP contribution in [0, 0.1) is 0 Å². The molecule has 0 spiro atoms. The molecule has 1 unspecified atom stereocenters. The monoisotopic (exact) mass is 221 g/mol. The Morgan fingerprint density at radius 1 is 1.44 bits per heavy atom. The largest absolute Gasteiger partial charge is 0.478 e. The SMILES string of the molecule is O=C1NCCC(c2ccccc2C(=O)O)O1. The van der Waals surface area contributed by atoms with Crippen LogP contribution < -0.4 is 5.32 Å². The smallest absolute Gasteiger partial charge is 0.407 e. The van der Waals surface area contributed by atoms with Crippen molar-refractivity contribution in [3.05, 3.63) is 35.4 Å². The number of carbonyl (C=O) groups excluding carboxylic acids is 1. The van der Waals surface area contributed by atoms with Gasteiger partial charge in [-0.3, -0.25) is 0 Å². The summed E-state index contributed by atoms with van der Waals surface area (Å²) < 4.78 is 5.05. The fourth-order valence-electron chi connectivity index (χ4n) is 1.73. The zero-order valence-corrected chi connectivity index (χ0v) is 8.47. The van der Waals surface area contributed by atoms with Gasteiger partial charge in [0.2, 0.25) is 0 Å². The number of carbonyl (C=O) groups is 2. The summed E-state index contributed by atoms with van der Waals surface area (Å²) in [5, 5.41) is 11.5. The van der Waals surface area contributed by atoms with Crippen LogP contribution in [0.25, 0.3) is 0 Å². The number of hydrogen-bond donors (Lipinski definition) is 2. The Bertz CT molecular complexity index is 430. The van der Waals surface area contributed by atoms with Crippen LogP contribution in [0.3, 0.4) is 0 Å². The first-order chi connectivity index (χ1) is 7.68. The standard InChI is InChI=1S/C11H11NO4/c13-10(14)8-4-2-1-3-7(8)9-5-6-12-11(15)16-9/h1-4,9H,5-6H2,(H,12,15)(H,13,14). The zero-order chi connectivity index (χ0) is 11.5. The fraction of sp³-hybridized carbons (Fsp3) is 0.273. The number of nitrogens with one attached hydrogen (secondary N) is 1. The molecule has 1 aromatic carbocycles. The molecule has 1 aliphatic heterocycles. The molecule has 0 aromatic heterocycles. The molecule has 1 aromatic rings. The lowest BCUT2D eigenvalue weighted by atomic mass is 9.99. The van der Waals surface area contributed by atoms with Gasteiger partial charge >= 0.3 is 12.1 Å². The number of benzene rings is 1. The first-order valence-corrected chi connectivity index (χ1v) is 4.95. The summed E-state index contributed by atoms with van der Waals surface area (Å²) in [6.45, 7) is 0.497. The fourth-order valence-corrected chi connectivity index (χ4v) is 1.73. The van der Waals surface area contributed by atoms with Crippen molar-refractivity contribution in [2.45, 2.75) is 12.5 Å². The highest BCUT2D eigenvalue weighted by atomic mass is 16.6. The summed E-state index contributed by atoms with van der Waals surface area (Å²) >= 11 is 0. The van der Waals surface area contributed by atoms with E-state index in [-0.39, 0.29) is 5.56 Å². The van der Waals surface area contributed by atoms with Gasteiger partial charge in [0.15, 0.2) is 0 Å². The van der Waals surface area contributed by atoms with E-state index < -0.39 is 18.2 Å². The third-order valence-corrected chi connectivity index (χ3v) is 2.46. The van der Waals surface area contributed by atoms with E-state index in [1.165, 1.54) is 6.07 Å². The van der Waals surface area contributed by atoms with E-state index >= 15 is 0 Å². The van der Waals surface area contributed by atoms with Crippen molar-refractivity contribution in [2.24, 2.45) is 0 Å². The van der Waals surface area contributed by atoms with E-state index in [2.05, 4.69) is 5.32 Å². The van der Waals surface area contributed by atoms with E-state index in [1.807, 2.05) is 0 Å². The van der Waals surface area contributed by atoms with Gasteiger partial charge in [-0.1, -0.05) is 18.2 Å². The highest BCUT2D eigenvalue weighted by Gasteiger charge is 2.25. The maximum absolute atomic E-state index is 11.0.